The van der Waals surface area contributed by atoms with E-state index in [1.807, 2.05) is 42.9 Å². The molecule has 2 heterocycles. The predicted molar refractivity (Wildman–Crippen MR) is 72.0 cm³/mol. The van der Waals surface area contributed by atoms with Gasteiger partial charge in [0.25, 0.3) is 0 Å². The number of nitrogens with zero attached hydrogens (tertiary/aromatic N) is 4. The topological polar surface area (TPSA) is 52.7 Å². The van der Waals surface area contributed by atoms with E-state index in [2.05, 4.69) is 9.97 Å². The third-order valence-corrected chi connectivity index (χ3v) is 3.27. The molecule has 3 rings (SSSR count). The second-order valence-corrected chi connectivity index (χ2v) is 4.54. The average Bonchev–Trinajstić information content (AvgIpc) is 2.95. The molecule has 19 heavy (non-hydrogen) atoms. The molecule has 0 atom stereocenters. The number of carbonyl (C=O) groups is 1. The molecule has 0 radical (unpaired) electrons. The van der Waals surface area contributed by atoms with Gasteiger partial charge in [0.15, 0.2) is 5.82 Å². The number of hydrogen-bond acceptors (Lipinski definition) is 3. The molecule has 0 spiro atoms. The minimum Gasteiger partial charge on any atom is -0.332 e. The van der Waals surface area contributed by atoms with E-state index < -0.39 is 0 Å². The summed E-state index contributed by atoms with van der Waals surface area (Å²) in [4.78, 5) is 20.8. The van der Waals surface area contributed by atoms with Gasteiger partial charge in [-0.25, -0.2) is 9.97 Å². The third-order valence-electron chi connectivity index (χ3n) is 3.27. The lowest BCUT2D eigenvalue weighted by atomic mass is 10.2. The highest BCUT2D eigenvalue weighted by molar-refractivity contribution is 5.94. The lowest BCUT2D eigenvalue weighted by Crippen LogP contribution is -2.13. The lowest BCUT2D eigenvalue weighted by Gasteiger charge is -2.02. The van der Waals surface area contributed by atoms with Crippen LogP contribution in [-0.2, 0) is 20.5 Å². The van der Waals surface area contributed by atoms with Gasteiger partial charge in [0, 0.05) is 26.5 Å². The smallest absolute Gasteiger partial charge is 0.205 e. The summed E-state index contributed by atoms with van der Waals surface area (Å²) < 4.78 is 3.68. The zero-order chi connectivity index (χ0) is 13.4. The monoisotopic (exact) mass is 254 g/mol. The van der Waals surface area contributed by atoms with Crippen molar-refractivity contribution in [3.05, 3.63) is 48.3 Å². The Hall–Kier alpha value is -2.43. The largest absolute Gasteiger partial charge is 0.332 e. The molecular formula is C14H14N4O. The Kier molecular flexibility index (Phi) is 2.67. The Morgan fingerprint density at radius 3 is 2.74 bits per heavy atom. The van der Waals surface area contributed by atoms with Crippen LogP contribution in [0.3, 0.4) is 0 Å². The van der Waals surface area contributed by atoms with Crippen LogP contribution in [0.15, 0.2) is 36.7 Å². The number of carbonyl (C=O) groups excluding carboxylic acids is 1. The standard InChI is InChI=1S/C14H14N4O/c1-17-8-7-15-14(17)12(19)9-13-16-10-5-3-4-6-11(10)18(13)2/h3-8H,9H2,1-2H3. The number of Topliss-reactive ketones (excluding diaryl/α,β-unsaturated/α-hetero) is 1. The maximum Gasteiger partial charge on any atom is 0.205 e. The summed E-state index contributed by atoms with van der Waals surface area (Å²) in [5.74, 6) is 1.20. The molecule has 0 aliphatic carbocycles. The number of ketones is 1. The summed E-state index contributed by atoms with van der Waals surface area (Å²) in [6.45, 7) is 0. The Labute approximate surface area is 110 Å². The van der Waals surface area contributed by atoms with Gasteiger partial charge in [-0.1, -0.05) is 12.1 Å². The fourth-order valence-electron chi connectivity index (χ4n) is 2.21. The number of rotatable bonds is 3. The zero-order valence-electron chi connectivity index (χ0n) is 10.9. The molecule has 0 saturated carbocycles. The summed E-state index contributed by atoms with van der Waals surface area (Å²) in [6.07, 6.45) is 3.65. The Morgan fingerprint density at radius 1 is 1.26 bits per heavy atom. The van der Waals surface area contributed by atoms with Crippen LogP contribution in [0.1, 0.15) is 16.4 Å². The van der Waals surface area contributed by atoms with Crippen LogP contribution >= 0.6 is 0 Å². The van der Waals surface area contributed by atoms with Gasteiger partial charge >= 0.3 is 0 Å². The molecule has 5 nitrogen and oxygen atoms in total. The van der Waals surface area contributed by atoms with E-state index in [1.165, 1.54) is 0 Å². The Bertz CT molecular complexity index is 754. The van der Waals surface area contributed by atoms with E-state index >= 15 is 0 Å². The molecule has 0 fully saturated rings. The van der Waals surface area contributed by atoms with Crippen LogP contribution in [0.25, 0.3) is 11.0 Å². The number of benzene rings is 1. The van der Waals surface area contributed by atoms with Crippen molar-refractivity contribution in [3.8, 4) is 0 Å². The van der Waals surface area contributed by atoms with E-state index in [-0.39, 0.29) is 12.2 Å². The molecular weight excluding hydrogens is 240 g/mol. The minimum absolute atomic E-state index is 0.0223. The van der Waals surface area contributed by atoms with Crippen molar-refractivity contribution < 1.29 is 4.79 Å². The van der Waals surface area contributed by atoms with Crippen LogP contribution in [0, 0.1) is 0 Å². The van der Waals surface area contributed by atoms with Gasteiger partial charge in [0.05, 0.1) is 17.5 Å². The summed E-state index contributed by atoms with van der Waals surface area (Å²) in [5, 5.41) is 0. The fourth-order valence-corrected chi connectivity index (χ4v) is 2.21. The lowest BCUT2D eigenvalue weighted by molar-refractivity contribution is 0.0977. The first-order chi connectivity index (χ1) is 9.16. The van der Waals surface area contributed by atoms with Gasteiger partial charge in [0.2, 0.25) is 5.78 Å². The molecule has 1 aromatic carbocycles. The van der Waals surface area contributed by atoms with Gasteiger partial charge in [-0.05, 0) is 12.1 Å². The zero-order valence-corrected chi connectivity index (χ0v) is 10.9. The number of para-hydroxylation sites is 2. The normalized spacial score (nSPS) is 11.1. The maximum atomic E-state index is 12.2. The first-order valence-corrected chi connectivity index (χ1v) is 6.07. The van der Waals surface area contributed by atoms with Gasteiger partial charge in [0.1, 0.15) is 5.82 Å². The molecule has 0 N–H and O–H groups in total. The van der Waals surface area contributed by atoms with Gasteiger partial charge in [-0.3, -0.25) is 4.79 Å². The van der Waals surface area contributed by atoms with Crippen molar-refractivity contribution >= 4 is 16.8 Å². The number of fused-ring (bicyclic) bond motifs is 1. The summed E-state index contributed by atoms with van der Waals surface area (Å²) in [7, 11) is 3.74. The van der Waals surface area contributed by atoms with E-state index in [0.29, 0.717) is 5.82 Å². The quantitative estimate of drug-likeness (QED) is 0.669. The molecule has 0 aliphatic rings. The van der Waals surface area contributed by atoms with Crippen molar-refractivity contribution in [2.45, 2.75) is 6.42 Å². The second kappa shape index (κ2) is 4.35. The summed E-state index contributed by atoms with van der Waals surface area (Å²) in [6, 6.07) is 7.86. The van der Waals surface area contributed by atoms with Crippen LogP contribution in [0.2, 0.25) is 0 Å². The van der Waals surface area contributed by atoms with Crippen LogP contribution in [0.5, 0.6) is 0 Å². The van der Waals surface area contributed by atoms with Gasteiger partial charge in [-0.15, -0.1) is 0 Å². The van der Waals surface area contributed by atoms with Crippen molar-refractivity contribution in [1.82, 2.24) is 19.1 Å². The highest BCUT2D eigenvalue weighted by Crippen LogP contribution is 2.15. The highest BCUT2D eigenvalue weighted by atomic mass is 16.1. The molecule has 0 unspecified atom stereocenters. The number of aryl methyl sites for hydroxylation is 2. The highest BCUT2D eigenvalue weighted by Gasteiger charge is 2.16. The van der Waals surface area contributed by atoms with E-state index in [9.17, 15) is 4.79 Å². The van der Waals surface area contributed by atoms with Gasteiger partial charge < -0.3 is 9.13 Å². The molecule has 0 bridgehead atoms. The molecule has 0 saturated heterocycles. The molecule has 0 aliphatic heterocycles. The fraction of sp³-hybridized carbons (Fsp3) is 0.214. The first kappa shape index (κ1) is 11.6. The minimum atomic E-state index is -0.0223. The molecule has 2 aromatic heterocycles. The SMILES string of the molecule is Cn1ccnc1C(=O)Cc1nc2ccccc2n1C. The average molecular weight is 254 g/mol. The summed E-state index contributed by atoms with van der Waals surface area (Å²) >= 11 is 0. The number of imidazole rings is 2. The maximum absolute atomic E-state index is 12.2. The van der Waals surface area contributed by atoms with Gasteiger partial charge in [-0.2, -0.15) is 0 Å². The van der Waals surface area contributed by atoms with E-state index in [1.54, 1.807) is 17.0 Å². The molecule has 0 amide bonds. The van der Waals surface area contributed by atoms with Crippen molar-refractivity contribution in [3.63, 3.8) is 0 Å². The van der Waals surface area contributed by atoms with Crippen molar-refractivity contribution in [1.29, 1.82) is 0 Å². The predicted octanol–water partition coefficient (Wildman–Crippen LogP) is 1.73. The van der Waals surface area contributed by atoms with Crippen molar-refractivity contribution in [2.24, 2.45) is 14.1 Å². The Morgan fingerprint density at radius 2 is 2.05 bits per heavy atom. The first-order valence-electron chi connectivity index (χ1n) is 6.07. The number of aromatic nitrogens is 4. The molecule has 96 valence electrons. The second-order valence-electron chi connectivity index (χ2n) is 4.54. The van der Waals surface area contributed by atoms with Crippen LogP contribution in [-0.4, -0.2) is 24.9 Å². The third kappa shape index (κ3) is 1.93. The van der Waals surface area contributed by atoms with Crippen LogP contribution < -0.4 is 0 Å². The molecule has 3 aromatic rings. The Balaban J connectivity index is 1.96. The summed E-state index contributed by atoms with van der Waals surface area (Å²) in [5.41, 5.74) is 1.94. The van der Waals surface area contributed by atoms with E-state index in [4.69, 9.17) is 0 Å². The van der Waals surface area contributed by atoms with E-state index in [0.717, 1.165) is 16.9 Å². The molecule has 5 heteroatoms. The van der Waals surface area contributed by atoms with Crippen LogP contribution in [0.4, 0.5) is 0 Å². The van der Waals surface area contributed by atoms with Crippen molar-refractivity contribution in [2.75, 3.05) is 0 Å². The number of hydrogen-bond donors (Lipinski definition) is 0.